The van der Waals surface area contributed by atoms with E-state index in [4.69, 9.17) is 4.98 Å². The number of aryl methyl sites for hydroxylation is 2. The zero-order valence-corrected chi connectivity index (χ0v) is 19.5. The highest BCUT2D eigenvalue weighted by Crippen LogP contribution is 2.46. The molecule has 166 valence electrons. The number of carbonyl (C=O) groups is 1. The van der Waals surface area contributed by atoms with E-state index in [1.54, 1.807) is 6.20 Å². The fourth-order valence-corrected chi connectivity index (χ4v) is 6.88. The van der Waals surface area contributed by atoms with Crippen molar-refractivity contribution in [1.82, 2.24) is 9.97 Å². The highest BCUT2D eigenvalue weighted by Gasteiger charge is 2.38. The van der Waals surface area contributed by atoms with Gasteiger partial charge in [0, 0.05) is 36.6 Å². The van der Waals surface area contributed by atoms with Crippen LogP contribution in [0.4, 0.5) is 17.3 Å². The Morgan fingerprint density at radius 2 is 2.06 bits per heavy atom. The average Bonchev–Trinajstić information content (AvgIpc) is 3.30. The van der Waals surface area contributed by atoms with Crippen LogP contribution in [0.2, 0.25) is 0 Å². The molecule has 0 aromatic carbocycles. The Kier molecular flexibility index (Phi) is 5.81. The third-order valence-corrected chi connectivity index (χ3v) is 8.95. The van der Waals surface area contributed by atoms with Crippen molar-refractivity contribution in [3.05, 3.63) is 40.7 Å². The van der Waals surface area contributed by atoms with Gasteiger partial charge in [0.2, 0.25) is 0 Å². The van der Waals surface area contributed by atoms with E-state index in [0.29, 0.717) is 16.0 Å². The number of anilines is 3. The summed E-state index contributed by atoms with van der Waals surface area (Å²) >= 11 is 2.15. The Balaban J connectivity index is 1.47. The monoisotopic (exact) mass is 447 g/mol. The minimum absolute atomic E-state index is 0.455. The molecule has 0 unspecified atom stereocenters. The van der Waals surface area contributed by atoms with E-state index in [-0.39, 0.29) is 0 Å². The molecule has 2 aromatic rings. The van der Waals surface area contributed by atoms with Gasteiger partial charge >= 0.3 is 0 Å². The second-order valence-corrected chi connectivity index (χ2v) is 10.6. The van der Waals surface area contributed by atoms with Crippen LogP contribution >= 0.6 is 11.8 Å². The van der Waals surface area contributed by atoms with Crippen LogP contribution in [0, 0.1) is 11.3 Å². The second kappa shape index (κ2) is 8.74. The Hall–Kier alpha value is -2.59. The standard InChI is InChI=1S/C25H29N5OS/c1-2-18-13-19-5-3-9-30(24(19)28-21(18)17-31)23-14-22(20(15-26)16-27-23)29-10-7-25(8-11-29)6-4-12-32-25/h13-14,16-17H,2-12H2,1H3. The molecule has 0 amide bonds. The smallest absolute Gasteiger partial charge is 0.168 e. The molecule has 32 heavy (non-hydrogen) atoms. The molecule has 0 saturated carbocycles. The quantitative estimate of drug-likeness (QED) is 0.630. The summed E-state index contributed by atoms with van der Waals surface area (Å²) in [6.07, 6.45) is 10.3. The zero-order chi connectivity index (χ0) is 22.1. The summed E-state index contributed by atoms with van der Waals surface area (Å²) in [5, 5.41) is 9.75. The van der Waals surface area contributed by atoms with Crippen LogP contribution in [0.25, 0.3) is 0 Å². The second-order valence-electron chi connectivity index (χ2n) is 9.04. The van der Waals surface area contributed by atoms with Crippen molar-refractivity contribution in [2.45, 2.75) is 56.6 Å². The summed E-state index contributed by atoms with van der Waals surface area (Å²) in [5.74, 6) is 2.93. The minimum Gasteiger partial charge on any atom is -0.370 e. The van der Waals surface area contributed by atoms with Gasteiger partial charge in [0.25, 0.3) is 0 Å². The van der Waals surface area contributed by atoms with E-state index in [9.17, 15) is 10.1 Å². The first-order valence-corrected chi connectivity index (χ1v) is 12.7. The molecule has 3 aliphatic heterocycles. The van der Waals surface area contributed by atoms with Gasteiger partial charge in [-0.25, -0.2) is 9.97 Å². The Bertz CT molecular complexity index is 1060. The van der Waals surface area contributed by atoms with Crippen LogP contribution in [-0.2, 0) is 12.8 Å². The molecular weight excluding hydrogens is 418 g/mol. The summed E-state index contributed by atoms with van der Waals surface area (Å²) in [6, 6.07) is 6.54. The van der Waals surface area contributed by atoms with E-state index in [1.807, 2.05) is 0 Å². The number of aromatic nitrogens is 2. The number of carbonyl (C=O) groups excluding carboxylic acids is 1. The zero-order valence-electron chi connectivity index (χ0n) is 18.6. The molecule has 0 N–H and O–H groups in total. The van der Waals surface area contributed by atoms with Gasteiger partial charge in [-0.05, 0) is 67.9 Å². The molecular formula is C25H29N5OS. The number of hydrogen-bond acceptors (Lipinski definition) is 7. The minimum atomic E-state index is 0.455. The number of aldehydes is 1. The van der Waals surface area contributed by atoms with Gasteiger partial charge in [-0.2, -0.15) is 17.0 Å². The fourth-order valence-electron chi connectivity index (χ4n) is 5.40. The normalized spacial score (nSPS) is 19.6. The van der Waals surface area contributed by atoms with Gasteiger partial charge in [-0.1, -0.05) is 6.92 Å². The van der Waals surface area contributed by atoms with Crippen LogP contribution in [0.1, 0.15) is 66.2 Å². The largest absolute Gasteiger partial charge is 0.370 e. The van der Waals surface area contributed by atoms with E-state index >= 15 is 0 Å². The molecule has 0 bridgehead atoms. The number of thioether (sulfide) groups is 1. The summed E-state index contributed by atoms with van der Waals surface area (Å²) in [4.78, 5) is 25.5. The van der Waals surface area contributed by atoms with Crippen molar-refractivity contribution in [2.75, 3.05) is 35.2 Å². The summed E-state index contributed by atoms with van der Waals surface area (Å²) in [6.45, 7) is 4.82. The third-order valence-electron chi connectivity index (χ3n) is 7.23. The first-order valence-electron chi connectivity index (χ1n) is 11.7. The van der Waals surface area contributed by atoms with E-state index in [2.05, 4.69) is 51.7 Å². The lowest BCUT2D eigenvalue weighted by Crippen LogP contribution is -2.41. The van der Waals surface area contributed by atoms with Gasteiger partial charge in [-0.3, -0.25) is 4.79 Å². The topological polar surface area (TPSA) is 73.1 Å². The Morgan fingerprint density at radius 1 is 1.22 bits per heavy atom. The molecule has 2 saturated heterocycles. The van der Waals surface area contributed by atoms with Gasteiger partial charge in [0.05, 0.1) is 11.3 Å². The summed E-state index contributed by atoms with van der Waals surface area (Å²) < 4.78 is 0.455. The highest BCUT2D eigenvalue weighted by atomic mass is 32.2. The van der Waals surface area contributed by atoms with Gasteiger partial charge in [0.1, 0.15) is 23.4 Å². The Labute approximate surface area is 194 Å². The average molecular weight is 448 g/mol. The van der Waals surface area contributed by atoms with Gasteiger partial charge in [0.15, 0.2) is 6.29 Å². The van der Waals surface area contributed by atoms with Gasteiger partial charge in [-0.15, -0.1) is 0 Å². The van der Waals surface area contributed by atoms with Crippen LogP contribution in [-0.4, -0.2) is 46.4 Å². The number of pyridine rings is 2. The van der Waals surface area contributed by atoms with Crippen molar-refractivity contribution in [1.29, 1.82) is 5.26 Å². The van der Waals surface area contributed by atoms with Crippen molar-refractivity contribution < 1.29 is 4.79 Å². The molecule has 6 nitrogen and oxygen atoms in total. The van der Waals surface area contributed by atoms with Crippen molar-refractivity contribution in [3.8, 4) is 6.07 Å². The fraction of sp³-hybridized carbons (Fsp3) is 0.520. The predicted octanol–water partition coefficient (Wildman–Crippen LogP) is 4.67. The molecule has 5 rings (SSSR count). The SMILES string of the molecule is CCc1cc2c(nc1C=O)N(c1cc(N3CCC4(CCCS4)CC3)c(C#N)cn1)CCC2. The molecule has 3 aliphatic rings. The summed E-state index contributed by atoms with van der Waals surface area (Å²) in [5.41, 5.74) is 4.29. The molecule has 5 heterocycles. The van der Waals surface area contributed by atoms with Crippen LogP contribution < -0.4 is 9.80 Å². The van der Waals surface area contributed by atoms with Crippen molar-refractivity contribution in [3.63, 3.8) is 0 Å². The lowest BCUT2D eigenvalue weighted by atomic mass is 9.91. The first-order chi connectivity index (χ1) is 15.7. The Morgan fingerprint density at radius 3 is 2.75 bits per heavy atom. The number of nitrogens with zero attached hydrogens (tertiary/aromatic N) is 5. The number of rotatable bonds is 4. The molecule has 7 heteroatoms. The maximum Gasteiger partial charge on any atom is 0.168 e. The third kappa shape index (κ3) is 3.75. The number of fused-ring (bicyclic) bond motifs is 1. The first kappa shape index (κ1) is 21.3. The van der Waals surface area contributed by atoms with Gasteiger partial charge < -0.3 is 9.80 Å². The maximum atomic E-state index is 11.6. The summed E-state index contributed by atoms with van der Waals surface area (Å²) in [7, 11) is 0. The number of hydrogen-bond donors (Lipinski definition) is 0. The van der Waals surface area contributed by atoms with E-state index < -0.39 is 0 Å². The molecule has 0 radical (unpaired) electrons. The maximum absolute atomic E-state index is 11.6. The molecule has 1 spiro atoms. The lowest BCUT2D eigenvalue weighted by molar-refractivity contribution is 0.111. The number of nitriles is 1. The molecule has 2 aromatic heterocycles. The highest BCUT2D eigenvalue weighted by molar-refractivity contribution is 8.00. The van der Waals surface area contributed by atoms with Crippen molar-refractivity contribution >= 4 is 35.4 Å². The lowest BCUT2D eigenvalue weighted by Gasteiger charge is -2.40. The van der Waals surface area contributed by atoms with E-state index in [1.165, 1.54) is 37.0 Å². The van der Waals surface area contributed by atoms with Crippen LogP contribution in [0.3, 0.4) is 0 Å². The van der Waals surface area contributed by atoms with Crippen LogP contribution in [0.15, 0.2) is 18.3 Å². The van der Waals surface area contributed by atoms with E-state index in [0.717, 1.165) is 68.1 Å². The molecule has 0 atom stereocenters. The molecule has 2 fully saturated rings. The van der Waals surface area contributed by atoms with Crippen molar-refractivity contribution in [2.24, 2.45) is 0 Å². The predicted molar refractivity (Wildman–Crippen MR) is 129 cm³/mol. The molecule has 0 aliphatic carbocycles. The number of piperidine rings is 1. The van der Waals surface area contributed by atoms with Crippen LogP contribution in [0.5, 0.6) is 0 Å².